The largest absolute Gasteiger partial charge is 0.310 e. The van der Waals surface area contributed by atoms with Crippen LogP contribution in [-0.2, 0) is 0 Å². The lowest BCUT2D eigenvalue weighted by Crippen LogP contribution is -2.10. The molecule has 12 aromatic rings. The molecule has 0 bridgehead atoms. The lowest BCUT2D eigenvalue weighted by atomic mass is 9.91. The number of fused-ring (bicyclic) bond motifs is 7. The third kappa shape index (κ3) is 5.93. The molecule has 0 saturated heterocycles. The Morgan fingerprint density at radius 1 is 0.344 bits per heavy atom. The van der Waals surface area contributed by atoms with Gasteiger partial charge in [-0.3, -0.25) is 0 Å². The van der Waals surface area contributed by atoms with Crippen LogP contribution in [0.25, 0.3) is 91.8 Å². The Morgan fingerprint density at radius 2 is 0.918 bits per heavy atom. The highest BCUT2D eigenvalue weighted by atomic mass is 32.1. The quantitative estimate of drug-likeness (QED) is 0.156. The summed E-state index contributed by atoms with van der Waals surface area (Å²) >= 11 is 1.88. The second-order valence-electron chi connectivity index (χ2n) is 15.7. The molecule has 0 aliphatic rings. The van der Waals surface area contributed by atoms with E-state index in [4.69, 9.17) is 0 Å². The van der Waals surface area contributed by atoms with Gasteiger partial charge in [0, 0.05) is 53.7 Å². The minimum atomic E-state index is 1.09. The van der Waals surface area contributed by atoms with Gasteiger partial charge in [-0.25, -0.2) is 0 Å². The van der Waals surface area contributed by atoms with Gasteiger partial charge in [-0.2, -0.15) is 0 Å². The molecule has 0 aliphatic heterocycles. The van der Waals surface area contributed by atoms with E-state index >= 15 is 0 Å². The highest BCUT2D eigenvalue weighted by molar-refractivity contribution is 7.26. The molecule has 61 heavy (non-hydrogen) atoms. The van der Waals surface area contributed by atoms with Crippen molar-refractivity contribution in [2.75, 3.05) is 4.90 Å². The van der Waals surface area contributed by atoms with Gasteiger partial charge in [0.05, 0.1) is 11.0 Å². The minimum Gasteiger partial charge on any atom is -0.310 e. The summed E-state index contributed by atoms with van der Waals surface area (Å²) in [6.45, 7) is 0. The maximum absolute atomic E-state index is 2.43. The van der Waals surface area contributed by atoms with Gasteiger partial charge in [-0.05, 0) is 111 Å². The van der Waals surface area contributed by atoms with Crippen molar-refractivity contribution in [1.29, 1.82) is 0 Å². The van der Waals surface area contributed by atoms with Crippen LogP contribution in [0.1, 0.15) is 0 Å². The minimum absolute atomic E-state index is 1.09. The maximum atomic E-state index is 2.43. The number of aromatic nitrogens is 1. The van der Waals surface area contributed by atoms with Crippen molar-refractivity contribution in [3.63, 3.8) is 0 Å². The summed E-state index contributed by atoms with van der Waals surface area (Å²) in [5.41, 5.74) is 14.2. The third-order valence-electron chi connectivity index (χ3n) is 12.2. The molecule has 10 aromatic carbocycles. The lowest BCUT2D eigenvalue weighted by molar-refractivity contribution is 1.17. The van der Waals surface area contributed by atoms with E-state index in [2.05, 4.69) is 240 Å². The number of rotatable bonds is 7. The highest BCUT2D eigenvalue weighted by Gasteiger charge is 2.19. The van der Waals surface area contributed by atoms with Crippen LogP contribution in [0.3, 0.4) is 0 Å². The standard InChI is InChI=1S/C58H38N2S/c1-3-15-39(16-4-1)47-25-11-17-41-18-12-26-48(57(41)47)40-31-34-44(35-32-40)59(43-19-5-2-6-20-43)45-21-13-22-46(38-45)60-54-29-9-7-23-50(54)53-37-42(33-36-55(53)60)49-27-14-28-52-51-24-8-10-30-56(51)61-58(49)52/h1-38H. The predicted molar refractivity (Wildman–Crippen MR) is 262 cm³/mol. The monoisotopic (exact) mass is 794 g/mol. The van der Waals surface area contributed by atoms with Gasteiger partial charge < -0.3 is 9.47 Å². The number of anilines is 3. The normalized spacial score (nSPS) is 11.6. The van der Waals surface area contributed by atoms with E-state index in [0.29, 0.717) is 0 Å². The van der Waals surface area contributed by atoms with Crippen molar-refractivity contribution >= 4 is 81.1 Å². The molecule has 0 N–H and O–H groups in total. The summed E-state index contributed by atoms with van der Waals surface area (Å²) in [6.07, 6.45) is 0. The number of hydrogen-bond acceptors (Lipinski definition) is 2. The summed E-state index contributed by atoms with van der Waals surface area (Å²) in [7, 11) is 0. The lowest BCUT2D eigenvalue weighted by Gasteiger charge is -2.26. The van der Waals surface area contributed by atoms with Crippen LogP contribution < -0.4 is 4.90 Å². The van der Waals surface area contributed by atoms with Crippen LogP contribution >= 0.6 is 11.3 Å². The first-order valence-corrected chi connectivity index (χ1v) is 21.7. The fourth-order valence-corrected chi connectivity index (χ4v) is 10.7. The maximum Gasteiger partial charge on any atom is 0.0541 e. The van der Waals surface area contributed by atoms with Crippen molar-refractivity contribution in [3.8, 4) is 39.1 Å². The van der Waals surface area contributed by atoms with Gasteiger partial charge >= 0.3 is 0 Å². The van der Waals surface area contributed by atoms with Crippen molar-refractivity contribution in [2.24, 2.45) is 0 Å². The fourth-order valence-electron chi connectivity index (χ4n) is 9.42. The van der Waals surface area contributed by atoms with Gasteiger partial charge in [0.1, 0.15) is 0 Å². The zero-order chi connectivity index (χ0) is 40.3. The highest BCUT2D eigenvalue weighted by Crippen LogP contribution is 2.44. The van der Waals surface area contributed by atoms with Crippen LogP contribution in [-0.4, -0.2) is 4.57 Å². The molecular formula is C58H38N2S. The number of benzene rings is 10. The average Bonchev–Trinajstić information content (AvgIpc) is 3.88. The average molecular weight is 795 g/mol. The first-order valence-electron chi connectivity index (χ1n) is 20.8. The molecule has 0 spiro atoms. The summed E-state index contributed by atoms with van der Waals surface area (Å²) in [5.74, 6) is 0. The van der Waals surface area contributed by atoms with Crippen LogP contribution in [0.2, 0.25) is 0 Å². The molecule has 12 rings (SSSR count). The zero-order valence-electron chi connectivity index (χ0n) is 33.2. The fraction of sp³-hybridized carbons (Fsp3) is 0. The van der Waals surface area contributed by atoms with Gasteiger partial charge in [0.15, 0.2) is 0 Å². The number of nitrogens with zero attached hydrogens (tertiary/aromatic N) is 2. The van der Waals surface area contributed by atoms with E-state index < -0.39 is 0 Å². The van der Waals surface area contributed by atoms with E-state index in [1.165, 1.54) is 86.1 Å². The second-order valence-corrected chi connectivity index (χ2v) is 16.7. The smallest absolute Gasteiger partial charge is 0.0541 e. The molecule has 0 aliphatic carbocycles. The Labute approximate surface area is 358 Å². The molecule has 0 amide bonds. The van der Waals surface area contributed by atoms with E-state index in [0.717, 1.165) is 22.7 Å². The second kappa shape index (κ2) is 14.5. The summed E-state index contributed by atoms with van der Waals surface area (Å²) in [6, 6.07) is 84.0. The Hall–Kier alpha value is -7.72. The molecule has 0 saturated carbocycles. The van der Waals surface area contributed by atoms with Gasteiger partial charge in [-0.1, -0.05) is 164 Å². The molecule has 0 fully saturated rings. The van der Waals surface area contributed by atoms with Crippen molar-refractivity contribution in [1.82, 2.24) is 4.57 Å². The van der Waals surface area contributed by atoms with Gasteiger partial charge in [0.2, 0.25) is 0 Å². The van der Waals surface area contributed by atoms with Gasteiger partial charge in [-0.15, -0.1) is 11.3 Å². The summed E-state index contributed by atoms with van der Waals surface area (Å²) < 4.78 is 5.09. The predicted octanol–water partition coefficient (Wildman–Crippen LogP) is 16.8. The molecule has 0 unspecified atom stereocenters. The summed E-state index contributed by atoms with van der Waals surface area (Å²) in [5, 5.41) is 7.64. The van der Waals surface area contributed by atoms with E-state index in [1.807, 2.05) is 11.3 Å². The van der Waals surface area contributed by atoms with E-state index in [9.17, 15) is 0 Å². The van der Waals surface area contributed by atoms with Crippen LogP contribution in [0.5, 0.6) is 0 Å². The Balaban J connectivity index is 0.970. The summed E-state index contributed by atoms with van der Waals surface area (Å²) in [4.78, 5) is 2.36. The van der Waals surface area contributed by atoms with Crippen LogP contribution in [0, 0.1) is 0 Å². The molecule has 2 heterocycles. The van der Waals surface area contributed by atoms with Crippen molar-refractivity contribution in [3.05, 3.63) is 231 Å². The Kier molecular flexibility index (Phi) is 8.39. The Morgan fingerprint density at radius 3 is 1.72 bits per heavy atom. The molecule has 286 valence electrons. The molecule has 2 nitrogen and oxygen atoms in total. The zero-order valence-corrected chi connectivity index (χ0v) is 34.1. The first kappa shape index (κ1) is 35.2. The topological polar surface area (TPSA) is 8.17 Å². The SMILES string of the molecule is c1ccc(-c2cccc3cccc(-c4ccc(N(c5ccccc5)c5cccc(-n6c7ccccc7c7cc(-c8cccc9c8sc8ccccc89)ccc76)c5)cc4)c23)cc1. The van der Waals surface area contributed by atoms with Crippen LogP contribution in [0.15, 0.2) is 231 Å². The first-order chi connectivity index (χ1) is 30.3. The molecule has 2 aromatic heterocycles. The van der Waals surface area contributed by atoms with Crippen LogP contribution in [0.4, 0.5) is 17.1 Å². The van der Waals surface area contributed by atoms with Gasteiger partial charge in [0.25, 0.3) is 0 Å². The third-order valence-corrected chi connectivity index (χ3v) is 13.4. The number of para-hydroxylation sites is 2. The van der Waals surface area contributed by atoms with E-state index in [1.54, 1.807) is 0 Å². The molecule has 0 radical (unpaired) electrons. The number of hydrogen-bond donors (Lipinski definition) is 0. The Bertz CT molecular complexity index is 3580. The molecular weight excluding hydrogens is 757 g/mol. The molecule has 0 atom stereocenters. The van der Waals surface area contributed by atoms with Crippen molar-refractivity contribution < 1.29 is 0 Å². The van der Waals surface area contributed by atoms with Crippen molar-refractivity contribution in [2.45, 2.75) is 0 Å². The molecule has 3 heteroatoms. The van der Waals surface area contributed by atoms with E-state index in [-0.39, 0.29) is 0 Å². The number of thiophene rings is 1.